The van der Waals surface area contributed by atoms with Crippen molar-refractivity contribution in [2.45, 2.75) is 64.6 Å². The van der Waals surface area contributed by atoms with E-state index in [-0.39, 0.29) is 34.1 Å². The molecule has 0 aromatic heterocycles. The lowest BCUT2D eigenvalue weighted by atomic mass is 10.1. The Labute approximate surface area is 248 Å². The van der Waals surface area contributed by atoms with Gasteiger partial charge in [0.1, 0.15) is 18.3 Å². The van der Waals surface area contributed by atoms with E-state index in [1.54, 1.807) is 25.1 Å². The number of carbonyl (C=O) groups is 2. The van der Waals surface area contributed by atoms with Crippen LogP contribution in [0.3, 0.4) is 0 Å². The number of rotatable bonds is 12. The van der Waals surface area contributed by atoms with Crippen LogP contribution >= 0.6 is 11.6 Å². The molecule has 0 aliphatic heterocycles. The first-order valence-corrected chi connectivity index (χ1v) is 15.3. The number of carbonyl (C=O) groups excluding carboxylic acids is 2. The molecule has 0 aliphatic carbocycles. The van der Waals surface area contributed by atoms with Crippen molar-refractivity contribution in [2.75, 3.05) is 18.0 Å². The number of ether oxygens (including phenoxy) is 1. The van der Waals surface area contributed by atoms with Crippen molar-refractivity contribution in [1.29, 1.82) is 0 Å². The Kier molecular flexibility index (Phi) is 10.8. The van der Waals surface area contributed by atoms with Crippen molar-refractivity contribution in [3.8, 4) is 5.75 Å². The van der Waals surface area contributed by atoms with E-state index < -0.39 is 28.5 Å². The van der Waals surface area contributed by atoms with Crippen molar-refractivity contribution in [1.82, 2.24) is 10.2 Å². The molecule has 3 aromatic carbocycles. The Bertz CT molecular complexity index is 1460. The van der Waals surface area contributed by atoms with Gasteiger partial charge >= 0.3 is 0 Å². The fourth-order valence-electron chi connectivity index (χ4n) is 4.11. The third-order valence-corrected chi connectivity index (χ3v) is 9.04. The van der Waals surface area contributed by atoms with Crippen LogP contribution in [0, 0.1) is 13.8 Å². The summed E-state index contributed by atoms with van der Waals surface area (Å²) < 4.78 is 34.2. The normalized spacial score (nSPS) is 12.8. The maximum atomic E-state index is 14.0. The molecule has 2 amide bonds. The van der Waals surface area contributed by atoms with Gasteiger partial charge in [-0.1, -0.05) is 66.0 Å². The van der Waals surface area contributed by atoms with E-state index in [1.807, 2.05) is 52.0 Å². The Morgan fingerprint density at radius 3 is 2.07 bits per heavy atom. The number of aryl methyl sites for hydroxylation is 2. The molecule has 2 atom stereocenters. The third kappa shape index (κ3) is 8.01. The van der Waals surface area contributed by atoms with Crippen LogP contribution in [0.25, 0.3) is 0 Å². The molecule has 2 unspecified atom stereocenters. The van der Waals surface area contributed by atoms with Gasteiger partial charge in [-0.05, 0) is 70.0 Å². The van der Waals surface area contributed by atoms with Gasteiger partial charge in [0.05, 0.1) is 22.7 Å². The van der Waals surface area contributed by atoms with E-state index in [0.29, 0.717) is 5.75 Å². The molecule has 220 valence electrons. The monoisotopic (exact) mass is 599 g/mol. The highest BCUT2D eigenvalue weighted by molar-refractivity contribution is 7.92. The number of hydrogen-bond donors (Lipinski definition) is 1. The summed E-state index contributed by atoms with van der Waals surface area (Å²) in [6.45, 7) is 8.88. The molecule has 0 heterocycles. The molecular weight excluding hydrogens is 562 g/mol. The maximum absolute atomic E-state index is 14.0. The van der Waals surface area contributed by atoms with Gasteiger partial charge in [0.25, 0.3) is 10.0 Å². The minimum atomic E-state index is -4.20. The van der Waals surface area contributed by atoms with Crippen LogP contribution in [-0.4, -0.2) is 50.9 Å². The molecule has 0 bridgehead atoms. The lowest BCUT2D eigenvalue weighted by Gasteiger charge is -2.32. The highest BCUT2D eigenvalue weighted by atomic mass is 35.5. The Balaban J connectivity index is 2.06. The van der Waals surface area contributed by atoms with Crippen LogP contribution in [0.4, 0.5) is 5.69 Å². The van der Waals surface area contributed by atoms with E-state index >= 15 is 0 Å². The molecular formula is C31H38ClN3O5S. The van der Waals surface area contributed by atoms with Gasteiger partial charge in [-0.25, -0.2) is 8.42 Å². The second-order valence-corrected chi connectivity index (χ2v) is 12.4. The number of nitrogens with one attached hydrogen (secondary N) is 1. The zero-order valence-corrected chi connectivity index (χ0v) is 25.9. The molecule has 0 saturated carbocycles. The average Bonchev–Trinajstić information content (AvgIpc) is 2.95. The molecule has 10 heteroatoms. The number of amides is 2. The zero-order chi connectivity index (χ0) is 30.3. The van der Waals surface area contributed by atoms with Crippen LogP contribution in [0.2, 0.25) is 5.02 Å². The summed E-state index contributed by atoms with van der Waals surface area (Å²) >= 11 is 6.37. The number of halogens is 1. The van der Waals surface area contributed by atoms with Crippen LogP contribution in [-0.2, 0) is 26.2 Å². The highest BCUT2D eigenvalue weighted by Crippen LogP contribution is 2.32. The molecule has 1 N–H and O–H groups in total. The average molecular weight is 600 g/mol. The molecule has 0 spiro atoms. The maximum Gasteiger partial charge on any atom is 0.264 e. The fraction of sp³-hybridized carbons (Fsp3) is 0.355. The van der Waals surface area contributed by atoms with Gasteiger partial charge < -0.3 is 15.0 Å². The number of hydrogen-bond acceptors (Lipinski definition) is 5. The van der Waals surface area contributed by atoms with Crippen LogP contribution in [0.15, 0.2) is 71.6 Å². The summed E-state index contributed by atoms with van der Waals surface area (Å²) in [5, 5.41) is 3.12. The van der Waals surface area contributed by atoms with Crippen molar-refractivity contribution in [3.63, 3.8) is 0 Å². The molecule has 3 aromatic rings. The SMILES string of the molecule is CCC(C)NC(=O)C(C)N(Cc1ccc(C)cc1)C(=O)CN(c1ccc(OC)c(Cl)c1)S(=O)(=O)c1ccc(C)cc1. The number of nitrogens with zero attached hydrogens (tertiary/aromatic N) is 2. The summed E-state index contributed by atoms with van der Waals surface area (Å²) in [5.74, 6) is -0.494. The molecule has 0 fully saturated rings. The molecule has 0 saturated heterocycles. The summed E-state index contributed by atoms with van der Waals surface area (Å²) in [4.78, 5) is 28.6. The second kappa shape index (κ2) is 13.9. The first-order valence-electron chi connectivity index (χ1n) is 13.5. The molecule has 8 nitrogen and oxygen atoms in total. The summed E-state index contributed by atoms with van der Waals surface area (Å²) in [7, 11) is -2.74. The Morgan fingerprint density at radius 2 is 1.54 bits per heavy atom. The number of benzene rings is 3. The molecule has 0 radical (unpaired) electrons. The zero-order valence-electron chi connectivity index (χ0n) is 24.3. The second-order valence-electron chi connectivity index (χ2n) is 10.1. The van der Waals surface area contributed by atoms with Gasteiger partial charge in [-0.2, -0.15) is 0 Å². The van der Waals surface area contributed by atoms with Crippen LogP contribution < -0.4 is 14.4 Å². The van der Waals surface area contributed by atoms with Gasteiger partial charge in [0.2, 0.25) is 11.8 Å². The van der Waals surface area contributed by atoms with Crippen LogP contribution in [0.5, 0.6) is 5.75 Å². The quantitative estimate of drug-likeness (QED) is 0.297. The molecule has 41 heavy (non-hydrogen) atoms. The predicted octanol–water partition coefficient (Wildman–Crippen LogP) is 5.49. The van der Waals surface area contributed by atoms with E-state index in [4.69, 9.17) is 16.3 Å². The minimum absolute atomic E-state index is 0.0236. The molecule has 3 rings (SSSR count). The first-order chi connectivity index (χ1) is 19.4. The third-order valence-electron chi connectivity index (χ3n) is 6.95. The van der Waals surface area contributed by atoms with E-state index in [2.05, 4.69) is 5.32 Å². The van der Waals surface area contributed by atoms with Gasteiger partial charge in [0.15, 0.2) is 0 Å². The van der Waals surface area contributed by atoms with Crippen molar-refractivity contribution < 1.29 is 22.7 Å². The van der Waals surface area contributed by atoms with Crippen LogP contribution in [0.1, 0.15) is 43.9 Å². The fourth-order valence-corrected chi connectivity index (χ4v) is 5.77. The van der Waals surface area contributed by atoms with Crippen molar-refractivity contribution in [2.24, 2.45) is 0 Å². The van der Waals surface area contributed by atoms with E-state index in [0.717, 1.165) is 27.4 Å². The lowest BCUT2D eigenvalue weighted by Crippen LogP contribution is -2.52. The Morgan fingerprint density at radius 1 is 0.951 bits per heavy atom. The number of sulfonamides is 1. The van der Waals surface area contributed by atoms with E-state index in [9.17, 15) is 18.0 Å². The lowest BCUT2D eigenvalue weighted by molar-refractivity contribution is -0.139. The topological polar surface area (TPSA) is 96.0 Å². The summed E-state index contributed by atoms with van der Waals surface area (Å²) in [6, 6.07) is 17.6. The number of anilines is 1. The Hall–Kier alpha value is -3.56. The highest BCUT2D eigenvalue weighted by Gasteiger charge is 2.33. The van der Waals surface area contributed by atoms with Gasteiger partial charge in [0, 0.05) is 12.6 Å². The first kappa shape index (κ1) is 32.0. The van der Waals surface area contributed by atoms with Crippen molar-refractivity contribution in [3.05, 3.63) is 88.4 Å². The summed E-state index contributed by atoms with van der Waals surface area (Å²) in [5.41, 5.74) is 2.95. The summed E-state index contributed by atoms with van der Waals surface area (Å²) in [6.07, 6.45) is 0.727. The van der Waals surface area contributed by atoms with Gasteiger partial charge in [-0.3, -0.25) is 13.9 Å². The largest absolute Gasteiger partial charge is 0.495 e. The predicted molar refractivity (Wildman–Crippen MR) is 163 cm³/mol. The molecule has 0 aliphatic rings. The van der Waals surface area contributed by atoms with Gasteiger partial charge in [-0.15, -0.1) is 0 Å². The number of methoxy groups -OCH3 is 1. The smallest absolute Gasteiger partial charge is 0.264 e. The minimum Gasteiger partial charge on any atom is -0.495 e. The standard InChI is InChI=1S/C31H38ClN3O5S/c1-7-23(4)33-31(37)24(5)34(19-25-12-8-21(2)9-13-25)30(36)20-35(26-14-17-29(40-6)28(32)18-26)41(38,39)27-15-10-22(3)11-16-27/h8-18,23-24H,7,19-20H2,1-6H3,(H,33,37). The van der Waals surface area contributed by atoms with E-state index in [1.165, 1.54) is 36.3 Å². The van der Waals surface area contributed by atoms with Crippen molar-refractivity contribution >= 4 is 39.1 Å².